The summed E-state index contributed by atoms with van der Waals surface area (Å²) in [6.07, 6.45) is 3.48. The summed E-state index contributed by atoms with van der Waals surface area (Å²) in [7, 11) is 5.75. The van der Waals surface area contributed by atoms with Gasteiger partial charge in [-0.05, 0) is 19.4 Å². The van der Waals surface area contributed by atoms with Crippen molar-refractivity contribution in [3.8, 4) is 0 Å². The lowest BCUT2D eigenvalue weighted by Crippen LogP contribution is -2.53. The van der Waals surface area contributed by atoms with E-state index in [1.165, 1.54) is 12.8 Å². The number of rotatable bonds is 13. The van der Waals surface area contributed by atoms with Gasteiger partial charge in [0.25, 0.3) is 0 Å². The van der Waals surface area contributed by atoms with E-state index in [1.807, 2.05) is 7.05 Å². The highest BCUT2D eigenvalue weighted by Crippen LogP contribution is 2.19. The SMILES string of the molecule is CCC(CC)C(CNC(=NC)NCCN(C)CCCOC)N1CCOCC1. The number of morpholine rings is 1. The molecular formula is C20H43N5O2. The van der Waals surface area contributed by atoms with Crippen molar-refractivity contribution >= 4 is 5.96 Å². The second-order valence-electron chi connectivity index (χ2n) is 7.32. The van der Waals surface area contributed by atoms with Gasteiger partial charge in [-0.1, -0.05) is 26.7 Å². The lowest BCUT2D eigenvalue weighted by Gasteiger charge is -2.39. The Morgan fingerprint density at radius 1 is 1.19 bits per heavy atom. The van der Waals surface area contributed by atoms with Crippen LogP contribution in [0.2, 0.25) is 0 Å². The number of ether oxygens (including phenoxy) is 2. The zero-order chi connectivity index (χ0) is 19.9. The predicted molar refractivity (Wildman–Crippen MR) is 114 cm³/mol. The van der Waals surface area contributed by atoms with Gasteiger partial charge in [-0.3, -0.25) is 9.89 Å². The molecule has 0 aliphatic carbocycles. The first-order valence-electron chi connectivity index (χ1n) is 10.6. The van der Waals surface area contributed by atoms with Crippen molar-refractivity contribution in [3.63, 3.8) is 0 Å². The molecule has 1 rings (SSSR count). The summed E-state index contributed by atoms with van der Waals surface area (Å²) < 4.78 is 10.7. The summed E-state index contributed by atoms with van der Waals surface area (Å²) in [6.45, 7) is 13.0. The Morgan fingerprint density at radius 2 is 1.89 bits per heavy atom. The maximum atomic E-state index is 5.54. The molecule has 1 fully saturated rings. The monoisotopic (exact) mass is 385 g/mol. The number of guanidine groups is 1. The van der Waals surface area contributed by atoms with Crippen LogP contribution in [0.15, 0.2) is 4.99 Å². The van der Waals surface area contributed by atoms with Crippen LogP contribution >= 0.6 is 0 Å². The summed E-state index contributed by atoms with van der Waals surface area (Å²) in [4.78, 5) is 9.31. The number of hydrogen-bond acceptors (Lipinski definition) is 5. The second kappa shape index (κ2) is 15.1. The van der Waals surface area contributed by atoms with Crippen LogP contribution in [-0.2, 0) is 9.47 Å². The minimum Gasteiger partial charge on any atom is -0.385 e. The van der Waals surface area contributed by atoms with Crippen molar-refractivity contribution in [2.75, 3.05) is 80.3 Å². The molecule has 0 aromatic rings. The highest BCUT2D eigenvalue weighted by Gasteiger charge is 2.26. The fourth-order valence-corrected chi connectivity index (χ4v) is 3.71. The third kappa shape index (κ3) is 9.74. The highest BCUT2D eigenvalue weighted by molar-refractivity contribution is 5.79. The molecule has 1 heterocycles. The van der Waals surface area contributed by atoms with Gasteiger partial charge < -0.3 is 25.0 Å². The van der Waals surface area contributed by atoms with E-state index >= 15 is 0 Å². The third-order valence-electron chi connectivity index (χ3n) is 5.48. The van der Waals surface area contributed by atoms with Crippen molar-refractivity contribution in [2.24, 2.45) is 10.9 Å². The van der Waals surface area contributed by atoms with Crippen LogP contribution in [-0.4, -0.2) is 102 Å². The van der Waals surface area contributed by atoms with Gasteiger partial charge in [0.1, 0.15) is 0 Å². The average Bonchev–Trinajstić information content (AvgIpc) is 2.70. The predicted octanol–water partition coefficient (Wildman–Crippen LogP) is 1.26. The summed E-state index contributed by atoms with van der Waals surface area (Å²) in [5, 5.41) is 7.01. The lowest BCUT2D eigenvalue weighted by atomic mass is 9.92. The Morgan fingerprint density at radius 3 is 2.48 bits per heavy atom. The fraction of sp³-hybridized carbons (Fsp3) is 0.950. The van der Waals surface area contributed by atoms with Gasteiger partial charge in [-0.15, -0.1) is 0 Å². The largest absolute Gasteiger partial charge is 0.385 e. The van der Waals surface area contributed by atoms with Crippen LogP contribution < -0.4 is 10.6 Å². The molecule has 0 saturated carbocycles. The van der Waals surface area contributed by atoms with Crippen LogP contribution in [0.4, 0.5) is 0 Å². The maximum absolute atomic E-state index is 5.54. The Hall–Kier alpha value is -0.890. The molecule has 0 bridgehead atoms. The van der Waals surface area contributed by atoms with Gasteiger partial charge in [-0.2, -0.15) is 0 Å². The molecule has 0 amide bonds. The number of hydrogen-bond donors (Lipinski definition) is 2. The number of aliphatic imine (C=N–C) groups is 1. The molecule has 2 N–H and O–H groups in total. The van der Waals surface area contributed by atoms with Gasteiger partial charge in [0, 0.05) is 66.1 Å². The van der Waals surface area contributed by atoms with E-state index in [4.69, 9.17) is 9.47 Å². The van der Waals surface area contributed by atoms with Gasteiger partial charge in [0.05, 0.1) is 13.2 Å². The Kier molecular flexibility index (Phi) is 13.5. The topological polar surface area (TPSA) is 61.4 Å². The van der Waals surface area contributed by atoms with E-state index < -0.39 is 0 Å². The number of nitrogens with one attached hydrogen (secondary N) is 2. The number of likely N-dealkylation sites (N-methyl/N-ethyl adjacent to an activating group) is 1. The molecule has 1 saturated heterocycles. The van der Waals surface area contributed by atoms with E-state index in [2.05, 4.69) is 46.3 Å². The molecule has 0 radical (unpaired) electrons. The number of methoxy groups -OCH3 is 1. The Bertz CT molecular complexity index is 385. The highest BCUT2D eigenvalue weighted by atomic mass is 16.5. The van der Waals surface area contributed by atoms with Gasteiger partial charge in [0.2, 0.25) is 0 Å². The minimum absolute atomic E-state index is 0.527. The van der Waals surface area contributed by atoms with Gasteiger partial charge in [0.15, 0.2) is 5.96 Å². The minimum atomic E-state index is 0.527. The van der Waals surface area contributed by atoms with Gasteiger partial charge >= 0.3 is 0 Å². The summed E-state index contributed by atoms with van der Waals surface area (Å²) in [5.74, 6) is 1.59. The van der Waals surface area contributed by atoms with E-state index in [9.17, 15) is 0 Å². The summed E-state index contributed by atoms with van der Waals surface area (Å²) in [5.41, 5.74) is 0. The van der Waals surface area contributed by atoms with Crippen molar-refractivity contribution in [1.29, 1.82) is 0 Å². The maximum Gasteiger partial charge on any atom is 0.191 e. The molecule has 7 heteroatoms. The van der Waals surface area contributed by atoms with Crippen molar-refractivity contribution in [2.45, 2.75) is 39.2 Å². The quantitative estimate of drug-likeness (QED) is 0.283. The molecule has 0 aromatic heterocycles. The van der Waals surface area contributed by atoms with Crippen molar-refractivity contribution in [3.05, 3.63) is 0 Å². The smallest absolute Gasteiger partial charge is 0.191 e. The fourth-order valence-electron chi connectivity index (χ4n) is 3.71. The molecule has 0 aromatic carbocycles. The first-order valence-corrected chi connectivity index (χ1v) is 10.6. The summed E-state index contributed by atoms with van der Waals surface area (Å²) in [6, 6.07) is 0.527. The molecule has 1 aliphatic heterocycles. The first-order chi connectivity index (χ1) is 13.2. The molecular weight excluding hydrogens is 342 g/mol. The normalized spacial score (nSPS) is 17.5. The molecule has 1 atom stereocenters. The van der Waals surface area contributed by atoms with Crippen molar-refractivity contribution < 1.29 is 9.47 Å². The Balaban J connectivity index is 2.42. The van der Waals surface area contributed by atoms with E-state index in [1.54, 1.807) is 7.11 Å². The Labute approximate surface area is 166 Å². The standard InChI is InChI=1S/C20H43N5O2/c1-6-18(7-2)19(25-12-15-27-16-13-25)17-23-20(21-3)22-9-11-24(4)10-8-14-26-5/h18-19H,6-17H2,1-5H3,(H2,21,22,23). The zero-order valence-corrected chi connectivity index (χ0v) is 18.3. The van der Waals surface area contributed by atoms with Crippen LogP contribution in [0.5, 0.6) is 0 Å². The zero-order valence-electron chi connectivity index (χ0n) is 18.3. The average molecular weight is 386 g/mol. The van der Waals surface area contributed by atoms with Crippen LogP contribution in [0.3, 0.4) is 0 Å². The molecule has 1 unspecified atom stereocenters. The van der Waals surface area contributed by atoms with Crippen LogP contribution in [0.25, 0.3) is 0 Å². The molecule has 1 aliphatic rings. The van der Waals surface area contributed by atoms with Crippen LogP contribution in [0, 0.1) is 5.92 Å². The lowest BCUT2D eigenvalue weighted by molar-refractivity contribution is 0.00272. The first kappa shape index (κ1) is 24.1. The second-order valence-corrected chi connectivity index (χ2v) is 7.32. The van der Waals surface area contributed by atoms with E-state index in [0.717, 1.165) is 71.5 Å². The molecule has 7 nitrogen and oxygen atoms in total. The molecule has 0 spiro atoms. The van der Waals surface area contributed by atoms with E-state index in [-0.39, 0.29) is 0 Å². The van der Waals surface area contributed by atoms with Crippen LogP contribution in [0.1, 0.15) is 33.1 Å². The van der Waals surface area contributed by atoms with E-state index in [0.29, 0.717) is 12.0 Å². The van der Waals surface area contributed by atoms with Gasteiger partial charge in [-0.25, -0.2) is 0 Å². The molecule has 160 valence electrons. The number of nitrogens with zero attached hydrogens (tertiary/aromatic N) is 3. The van der Waals surface area contributed by atoms with Crippen molar-refractivity contribution in [1.82, 2.24) is 20.4 Å². The summed E-state index contributed by atoms with van der Waals surface area (Å²) >= 11 is 0. The third-order valence-corrected chi connectivity index (χ3v) is 5.48. The molecule has 27 heavy (non-hydrogen) atoms.